The molecule has 2 amide bonds. The SMILES string of the molecule is C=CCCCCOC(=O)[C@H]1[C@H]2C(=O)N([C@H](C)CO)C(C(=O)N(CC=C)c3ccc(Cl)cc3)C23CC(Br)[C@@H]1S3. The molecule has 1 spiro atoms. The number of carbonyl (C=O) groups excluding carboxylic acids is 3. The number of ether oxygens (including phenoxy) is 1. The number of rotatable bonds is 12. The first-order chi connectivity index (χ1) is 18.2. The number of likely N-dealkylation sites (tertiary alicyclic amines) is 1. The minimum absolute atomic E-state index is 0.0575. The normalized spacial score (nSPS) is 30.2. The number of thioether (sulfide) groups is 1. The maximum absolute atomic E-state index is 14.4. The third-order valence-corrected chi connectivity index (χ3v) is 11.2. The summed E-state index contributed by atoms with van der Waals surface area (Å²) in [7, 11) is 0. The van der Waals surface area contributed by atoms with Crippen LogP contribution < -0.4 is 4.90 Å². The van der Waals surface area contributed by atoms with Crippen LogP contribution in [0.2, 0.25) is 5.02 Å². The summed E-state index contributed by atoms with van der Waals surface area (Å²) in [4.78, 5) is 44.9. The Bertz CT molecular complexity index is 1090. The molecule has 7 atom stereocenters. The number of benzene rings is 1. The summed E-state index contributed by atoms with van der Waals surface area (Å²) in [6.07, 6.45) is 6.45. The number of halogens is 2. The van der Waals surface area contributed by atoms with Crippen molar-refractivity contribution in [2.24, 2.45) is 11.8 Å². The summed E-state index contributed by atoms with van der Waals surface area (Å²) < 4.78 is 4.84. The van der Waals surface area contributed by atoms with Gasteiger partial charge in [-0.1, -0.05) is 39.7 Å². The standard InChI is InChI=1S/C28H34BrClN2O5S/c1-4-6-7-8-14-37-27(36)21-22-25(34)32(17(3)16-33)24(28(22)15-20(29)23(21)38-28)26(35)31(13-5-2)19-11-9-18(30)10-12-19/h4-5,9-12,17,20-24,33H,1-2,6-8,13-16H2,3H3/t17-,20?,21+,22+,23+,24?,28?/m1/s1. The van der Waals surface area contributed by atoms with E-state index in [1.807, 2.05) is 6.08 Å². The van der Waals surface area contributed by atoms with Crippen molar-refractivity contribution < 1.29 is 24.2 Å². The summed E-state index contributed by atoms with van der Waals surface area (Å²) in [6, 6.07) is 5.47. The monoisotopic (exact) mass is 624 g/mol. The van der Waals surface area contributed by atoms with Crippen molar-refractivity contribution in [3.63, 3.8) is 0 Å². The topological polar surface area (TPSA) is 87.1 Å². The zero-order valence-corrected chi connectivity index (χ0v) is 24.6. The van der Waals surface area contributed by atoms with E-state index in [-0.39, 0.29) is 41.6 Å². The number of carbonyl (C=O) groups is 3. The number of hydrogen-bond donors (Lipinski definition) is 1. The van der Waals surface area contributed by atoms with E-state index in [4.69, 9.17) is 16.3 Å². The Balaban J connectivity index is 1.70. The number of aliphatic hydroxyl groups is 1. The minimum atomic E-state index is -0.863. The van der Waals surface area contributed by atoms with Crippen LogP contribution in [0, 0.1) is 11.8 Å². The van der Waals surface area contributed by atoms with Gasteiger partial charge in [-0.15, -0.1) is 24.9 Å². The van der Waals surface area contributed by atoms with E-state index in [2.05, 4.69) is 29.1 Å². The van der Waals surface area contributed by atoms with Gasteiger partial charge in [0.05, 0.1) is 35.8 Å². The lowest BCUT2D eigenvalue weighted by molar-refractivity contribution is -0.154. The van der Waals surface area contributed by atoms with Gasteiger partial charge in [-0.3, -0.25) is 14.4 Å². The molecule has 3 saturated heterocycles. The molecule has 206 valence electrons. The largest absolute Gasteiger partial charge is 0.465 e. The number of amides is 2. The highest BCUT2D eigenvalue weighted by Crippen LogP contribution is 2.68. The Morgan fingerprint density at radius 2 is 2.03 bits per heavy atom. The van der Waals surface area contributed by atoms with Crippen LogP contribution in [0.15, 0.2) is 49.6 Å². The quantitative estimate of drug-likeness (QED) is 0.158. The van der Waals surface area contributed by atoms with Crippen molar-refractivity contribution in [2.45, 2.75) is 59.5 Å². The van der Waals surface area contributed by atoms with Gasteiger partial charge in [0.25, 0.3) is 5.91 Å². The van der Waals surface area contributed by atoms with Crippen molar-refractivity contribution in [3.8, 4) is 0 Å². The van der Waals surface area contributed by atoms with Gasteiger partial charge in [0.2, 0.25) is 5.91 Å². The highest BCUT2D eigenvalue weighted by molar-refractivity contribution is 9.09. The third kappa shape index (κ3) is 5.07. The van der Waals surface area contributed by atoms with Gasteiger partial charge < -0.3 is 19.6 Å². The molecule has 3 fully saturated rings. The van der Waals surface area contributed by atoms with Crippen molar-refractivity contribution >= 4 is 62.8 Å². The highest BCUT2D eigenvalue weighted by atomic mass is 79.9. The Morgan fingerprint density at radius 3 is 2.66 bits per heavy atom. The molecule has 0 radical (unpaired) electrons. The van der Waals surface area contributed by atoms with Crippen molar-refractivity contribution in [3.05, 3.63) is 54.6 Å². The van der Waals surface area contributed by atoms with E-state index in [0.29, 0.717) is 17.1 Å². The van der Waals surface area contributed by atoms with Crippen molar-refractivity contribution in [1.82, 2.24) is 4.90 Å². The molecule has 2 bridgehead atoms. The van der Waals surface area contributed by atoms with Gasteiger partial charge in [-0.05, 0) is 56.9 Å². The van der Waals surface area contributed by atoms with E-state index >= 15 is 0 Å². The smallest absolute Gasteiger partial charge is 0.310 e. The molecule has 7 nitrogen and oxygen atoms in total. The molecule has 3 aliphatic heterocycles. The van der Waals surface area contributed by atoms with E-state index in [1.165, 1.54) is 4.90 Å². The number of hydrogen-bond acceptors (Lipinski definition) is 6. The molecule has 3 unspecified atom stereocenters. The summed E-state index contributed by atoms with van der Waals surface area (Å²) in [5.41, 5.74) is 0.631. The molecule has 1 N–H and O–H groups in total. The average molecular weight is 626 g/mol. The molecule has 1 aromatic carbocycles. The molecule has 3 heterocycles. The van der Waals surface area contributed by atoms with Crippen LogP contribution in [0.3, 0.4) is 0 Å². The van der Waals surface area contributed by atoms with Crippen molar-refractivity contribution in [2.75, 3.05) is 24.7 Å². The maximum Gasteiger partial charge on any atom is 0.310 e. The first-order valence-electron chi connectivity index (χ1n) is 12.9. The van der Waals surface area contributed by atoms with Crippen molar-refractivity contribution in [1.29, 1.82) is 0 Å². The number of allylic oxidation sites excluding steroid dienone is 1. The van der Waals surface area contributed by atoms with Gasteiger partial charge in [0, 0.05) is 27.3 Å². The second-order valence-corrected chi connectivity index (χ2v) is 13.3. The summed E-state index contributed by atoms with van der Waals surface area (Å²) in [6.45, 7) is 9.48. The Morgan fingerprint density at radius 1 is 1.32 bits per heavy atom. The maximum atomic E-state index is 14.4. The lowest BCUT2D eigenvalue weighted by atomic mass is 9.71. The van der Waals surface area contributed by atoms with Crippen LogP contribution >= 0.6 is 39.3 Å². The first kappa shape index (κ1) is 29.2. The van der Waals surface area contributed by atoms with Crippen LogP contribution in [0.25, 0.3) is 0 Å². The van der Waals surface area contributed by atoms with Gasteiger partial charge in [-0.2, -0.15) is 0 Å². The Labute approximate surface area is 241 Å². The third-order valence-electron chi connectivity index (χ3n) is 7.74. The summed E-state index contributed by atoms with van der Waals surface area (Å²) in [5, 5.41) is 10.4. The van der Waals surface area contributed by atoms with E-state index in [1.54, 1.807) is 53.9 Å². The predicted octanol–water partition coefficient (Wildman–Crippen LogP) is 4.60. The minimum Gasteiger partial charge on any atom is -0.465 e. The van der Waals surface area contributed by atoms with Crippen LogP contribution in [0.1, 0.15) is 32.6 Å². The van der Waals surface area contributed by atoms with Crippen LogP contribution in [0.4, 0.5) is 5.69 Å². The number of alkyl halides is 1. The molecule has 0 aliphatic carbocycles. The van der Waals surface area contributed by atoms with Gasteiger partial charge in [-0.25, -0.2) is 0 Å². The van der Waals surface area contributed by atoms with Crippen LogP contribution in [-0.4, -0.2) is 74.5 Å². The molecule has 1 aromatic rings. The van der Waals surface area contributed by atoms with Gasteiger partial charge in [0.1, 0.15) is 6.04 Å². The molecule has 0 saturated carbocycles. The molecular weight excluding hydrogens is 592 g/mol. The van der Waals surface area contributed by atoms with E-state index < -0.39 is 34.6 Å². The fourth-order valence-corrected chi connectivity index (χ4v) is 9.77. The number of unbranched alkanes of at least 4 members (excludes halogenated alkanes) is 2. The number of anilines is 1. The molecule has 10 heteroatoms. The van der Waals surface area contributed by atoms with Crippen LogP contribution in [-0.2, 0) is 19.1 Å². The Hall–Kier alpha value is -1.81. The second-order valence-electron chi connectivity index (χ2n) is 10.1. The molecule has 0 aromatic heterocycles. The lowest BCUT2D eigenvalue weighted by Crippen LogP contribution is -2.57. The second kappa shape index (κ2) is 12.1. The highest BCUT2D eigenvalue weighted by Gasteiger charge is 2.76. The van der Waals surface area contributed by atoms with E-state index in [0.717, 1.165) is 19.3 Å². The predicted molar refractivity (Wildman–Crippen MR) is 155 cm³/mol. The number of fused-ring (bicyclic) bond motifs is 1. The fourth-order valence-electron chi connectivity index (χ4n) is 6.06. The zero-order chi connectivity index (χ0) is 27.6. The first-order valence-corrected chi connectivity index (χ1v) is 15.1. The van der Waals surface area contributed by atoms with Crippen LogP contribution in [0.5, 0.6) is 0 Å². The summed E-state index contributed by atoms with van der Waals surface area (Å²) >= 11 is 11.4. The average Bonchev–Trinajstić information content (AvgIpc) is 3.50. The van der Waals surface area contributed by atoms with Gasteiger partial charge >= 0.3 is 5.97 Å². The summed E-state index contributed by atoms with van der Waals surface area (Å²) in [5.74, 6) is -2.31. The fraction of sp³-hybridized carbons (Fsp3) is 0.536. The zero-order valence-electron chi connectivity index (χ0n) is 21.4. The molecule has 3 aliphatic rings. The molecular formula is C28H34BrClN2O5S. The Kier molecular flexibility index (Phi) is 9.33. The number of nitrogens with zero attached hydrogens (tertiary/aromatic N) is 2. The number of esters is 1. The van der Waals surface area contributed by atoms with E-state index in [9.17, 15) is 19.5 Å². The molecule has 4 rings (SSSR count). The number of aliphatic hydroxyl groups excluding tert-OH is 1. The van der Waals surface area contributed by atoms with Gasteiger partial charge in [0.15, 0.2) is 0 Å². The lowest BCUT2D eigenvalue weighted by Gasteiger charge is -2.39. The molecule has 38 heavy (non-hydrogen) atoms.